The largest absolute Gasteiger partial charge is 0.321 e. The summed E-state index contributed by atoms with van der Waals surface area (Å²) in [5, 5.41) is 2.48. The Kier molecular flexibility index (Phi) is 4.49. The lowest BCUT2D eigenvalue weighted by molar-refractivity contribution is -0.111. The molecule has 0 fully saturated rings. The minimum atomic E-state index is -3.70. The molecule has 0 saturated carbocycles. The molecule has 0 saturated heterocycles. The van der Waals surface area contributed by atoms with Crippen LogP contribution >= 0.6 is 0 Å². The highest BCUT2D eigenvalue weighted by atomic mass is 32.2. The molecule has 19 heavy (non-hydrogen) atoms. The second kappa shape index (κ2) is 5.54. The van der Waals surface area contributed by atoms with Gasteiger partial charge in [0.15, 0.2) is 0 Å². The molecule has 0 aliphatic rings. The van der Waals surface area contributed by atoms with E-state index in [2.05, 4.69) is 16.6 Å². The molecule has 6 heteroatoms. The molecule has 1 aromatic rings. The van der Waals surface area contributed by atoms with Crippen molar-refractivity contribution in [3.05, 3.63) is 36.9 Å². The number of carbonyl (C=O) groups is 1. The van der Waals surface area contributed by atoms with Gasteiger partial charge in [-0.3, -0.25) is 4.79 Å². The van der Waals surface area contributed by atoms with Crippen molar-refractivity contribution in [3.63, 3.8) is 0 Å². The van der Waals surface area contributed by atoms with E-state index in [1.165, 1.54) is 12.1 Å². The smallest absolute Gasteiger partial charge is 0.247 e. The molecule has 0 atom stereocenters. The van der Waals surface area contributed by atoms with Crippen LogP contribution in [-0.4, -0.2) is 19.9 Å². The third-order valence-corrected chi connectivity index (χ3v) is 3.88. The summed E-state index contributed by atoms with van der Waals surface area (Å²) in [5.74, 6) is -0.460. The number of hydrogen-bond acceptors (Lipinski definition) is 3. The van der Waals surface area contributed by atoms with Gasteiger partial charge in [-0.25, -0.2) is 13.1 Å². The first kappa shape index (κ1) is 15.4. The number of sulfonamides is 1. The molecule has 0 unspecified atom stereocenters. The summed E-state index contributed by atoms with van der Waals surface area (Å²) in [5.41, 5.74) is -0.377. The number of para-hydroxylation sites is 1. The van der Waals surface area contributed by atoms with E-state index in [1.807, 2.05) is 0 Å². The van der Waals surface area contributed by atoms with Crippen LogP contribution in [0.1, 0.15) is 20.8 Å². The average molecular weight is 282 g/mol. The zero-order valence-electron chi connectivity index (χ0n) is 11.2. The molecule has 0 radical (unpaired) electrons. The monoisotopic (exact) mass is 282 g/mol. The molecule has 0 bridgehead atoms. The van der Waals surface area contributed by atoms with E-state index in [0.717, 1.165) is 6.08 Å². The van der Waals surface area contributed by atoms with E-state index in [-0.39, 0.29) is 10.6 Å². The lowest BCUT2D eigenvalue weighted by Gasteiger charge is -2.21. The van der Waals surface area contributed by atoms with Gasteiger partial charge >= 0.3 is 0 Å². The van der Waals surface area contributed by atoms with Gasteiger partial charge in [0.2, 0.25) is 15.9 Å². The Labute approximate surface area is 113 Å². The molecule has 1 rings (SSSR count). The summed E-state index contributed by atoms with van der Waals surface area (Å²) < 4.78 is 27.0. The highest BCUT2D eigenvalue weighted by Crippen LogP contribution is 2.22. The van der Waals surface area contributed by atoms with Crippen LogP contribution in [0, 0.1) is 0 Å². The van der Waals surface area contributed by atoms with Crippen LogP contribution in [-0.2, 0) is 14.8 Å². The van der Waals surface area contributed by atoms with Crippen LogP contribution in [0.4, 0.5) is 5.69 Å². The predicted octanol–water partition coefficient (Wildman–Crippen LogP) is 1.89. The molecule has 5 nitrogen and oxygen atoms in total. The van der Waals surface area contributed by atoms with E-state index in [9.17, 15) is 13.2 Å². The minimum absolute atomic E-state index is 0.0279. The van der Waals surface area contributed by atoms with E-state index in [1.54, 1.807) is 32.9 Å². The normalized spacial score (nSPS) is 11.9. The van der Waals surface area contributed by atoms with Crippen molar-refractivity contribution in [3.8, 4) is 0 Å². The van der Waals surface area contributed by atoms with Gasteiger partial charge < -0.3 is 5.32 Å². The topological polar surface area (TPSA) is 75.3 Å². The van der Waals surface area contributed by atoms with Gasteiger partial charge in [-0.05, 0) is 39.0 Å². The maximum atomic E-state index is 12.3. The maximum absolute atomic E-state index is 12.3. The summed E-state index contributed by atoms with van der Waals surface area (Å²) in [6.07, 6.45) is 1.08. The van der Waals surface area contributed by atoms with Crippen molar-refractivity contribution in [1.29, 1.82) is 0 Å². The first-order chi connectivity index (χ1) is 8.65. The first-order valence-corrected chi connectivity index (χ1v) is 7.20. The molecular weight excluding hydrogens is 264 g/mol. The van der Waals surface area contributed by atoms with Gasteiger partial charge in [0.05, 0.1) is 5.69 Å². The zero-order valence-corrected chi connectivity index (χ0v) is 12.0. The van der Waals surface area contributed by atoms with E-state index in [0.29, 0.717) is 0 Å². The summed E-state index contributed by atoms with van der Waals surface area (Å²) in [6, 6.07) is 6.21. The number of carbonyl (C=O) groups excluding carboxylic acids is 1. The van der Waals surface area contributed by atoms with Gasteiger partial charge in [0, 0.05) is 5.54 Å². The predicted molar refractivity (Wildman–Crippen MR) is 75.3 cm³/mol. The highest BCUT2D eigenvalue weighted by Gasteiger charge is 2.24. The molecule has 1 aromatic carbocycles. The van der Waals surface area contributed by atoms with Gasteiger partial charge in [-0.2, -0.15) is 0 Å². The van der Waals surface area contributed by atoms with Crippen LogP contribution in [0.25, 0.3) is 0 Å². The van der Waals surface area contributed by atoms with Crippen molar-refractivity contribution >= 4 is 21.6 Å². The third kappa shape index (κ3) is 4.50. The number of anilines is 1. The molecule has 0 aromatic heterocycles. The molecule has 0 aliphatic carbocycles. The van der Waals surface area contributed by atoms with Gasteiger partial charge in [0.25, 0.3) is 0 Å². The Balaban J connectivity index is 3.20. The van der Waals surface area contributed by atoms with Gasteiger partial charge in [-0.15, -0.1) is 0 Å². The Morgan fingerprint density at radius 3 is 2.37 bits per heavy atom. The minimum Gasteiger partial charge on any atom is -0.321 e. The molecule has 0 spiro atoms. The Bertz CT molecular complexity index is 586. The van der Waals surface area contributed by atoms with E-state index >= 15 is 0 Å². The molecular formula is C13H18N2O3S. The zero-order chi connectivity index (χ0) is 14.7. The standard InChI is InChI=1S/C13H18N2O3S/c1-5-12(16)14-10-8-6-7-9-11(10)19(17,18)15-13(2,3)4/h5-9,15H,1H2,2-4H3,(H,14,16). The average Bonchev–Trinajstić information content (AvgIpc) is 2.26. The molecule has 0 heterocycles. The summed E-state index contributed by atoms with van der Waals surface area (Å²) in [4.78, 5) is 11.3. The second-order valence-corrected chi connectivity index (χ2v) is 6.70. The third-order valence-electron chi connectivity index (χ3n) is 2.06. The van der Waals surface area contributed by atoms with Gasteiger partial charge in [0.1, 0.15) is 4.90 Å². The summed E-state index contributed by atoms with van der Waals surface area (Å²) in [7, 11) is -3.70. The quantitative estimate of drug-likeness (QED) is 0.828. The fourth-order valence-electron chi connectivity index (χ4n) is 1.45. The second-order valence-electron chi connectivity index (χ2n) is 5.05. The number of hydrogen-bond donors (Lipinski definition) is 2. The number of rotatable bonds is 4. The molecule has 1 amide bonds. The Hall–Kier alpha value is -1.66. The van der Waals surface area contributed by atoms with Crippen molar-refractivity contribution < 1.29 is 13.2 Å². The van der Waals surface area contributed by atoms with E-state index < -0.39 is 21.5 Å². The van der Waals surface area contributed by atoms with Crippen molar-refractivity contribution in [2.45, 2.75) is 31.2 Å². The highest BCUT2D eigenvalue weighted by molar-refractivity contribution is 7.89. The van der Waals surface area contributed by atoms with Crippen molar-refractivity contribution in [1.82, 2.24) is 4.72 Å². The Morgan fingerprint density at radius 1 is 1.26 bits per heavy atom. The van der Waals surface area contributed by atoms with E-state index in [4.69, 9.17) is 0 Å². The lowest BCUT2D eigenvalue weighted by atomic mass is 10.1. The number of amides is 1. The van der Waals surface area contributed by atoms with Crippen LogP contribution in [0.15, 0.2) is 41.8 Å². The number of nitrogens with one attached hydrogen (secondary N) is 2. The SMILES string of the molecule is C=CC(=O)Nc1ccccc1S(=O)(=O)NC(C)(C)C. The van der Waals surface area contributed by atoms with Crippen LogP contribution in [0.3, 0.4) is 0 Å². The first-order valence-electron chi connectivity index (χ1n) is 5.72. The fourth-order valence-corrected chi connectivity index (χ4v) is 3.03. The maximum Gasteiger partial charge on any atom is 0.247 e. The molecule has 104 valence electrons. The van der Waals surface area contributed by atoms with Crippen molar-refractivity contribution in [2.24, 2.45) is 0 Å². The summed E-state index contributed by atoms with van der Waals surface area (Å²) >= 11 is 0. The molecule has 0 aliphatic heterocycles. The Morgan fingerprint density at radius 2 is 1.84 bits per heavy atom. The lowest BCUT2D eigenvalue weighted by Crippen LogP contribution is -2.40. The van der Waals surface area contributed by atoms with Crippen LogP contribution in [0.5, 0.6) is 0 Å². The van der Waals surface area contributed by atoms with Gasteiger partial charge in [-0.1, -0.05) is 18.7 Å². The summed E-state index contributed by atoms with van der Waals surface area (Å²) in [6.45, 7) is 8.57. The fraction of sp³-hybridized carbons (Fsp3) is 0.308. The van der Waals surface area contributed by atoms with Crippen molar-refractivity contribution in [2.75, 3.05) is 5.32 Å². The molecule has 2 N–H and O–H groups in total. The van der Waals surface area contributed by atoms with Crippen LogP contribution < -0.4 is 10.0 Å². The number of benzene rings is 1. The van der Waals surface area contributed by atoms with Crippen LogP contribution in [0.2, 0.25) is 0 Å².